The Hall–Kier alpha value is -2.40. The molecule has 2 aromatic heterocycles. The number of hydrogen-bond donors (Lipinski definition) is 2. The molecule has 0 aliphatic heterocycles. The topological polar surface area (TPSA) is 63.0 Å². The summed E-state index contributed by atoms with van der Waals surface area (Å²) in [6.45, 7) is 5.03. The van der Waals surface area contributed by atoms with Gasteiger partial charge in [0.1, 0.15) is 11.3 Å². The summed E-state index contributed by atoms with van der Waals surface area (Å²) in [6, 6.07) is 12.6. The van der Waals surface area contributed by atoms with Crippen LogP contribution in [-0.2, 0) is 6.54 Å². The lowest BCUT2D eigenvalue weighted by Gasteiger charge is -2.19. The van der Waals surface area contributed by atoms with Crippen LogP contribution in [0, 0.1) is 6.92 Å². The molecule has 1 atom stereocenters. The Morgan fingerprint density at radius 2 is 1.92 bits per heavy atom. The average Bonchev–Trinajstić information content (AvgIpc) is 2.99. The van der Waals surface area contributed by atoms with Crippen LogP contribution in [0.4, 0.5) is 5.82 Å². The first kappa shape index (κ1) is 17.4. The Balaban J connectivity index is 1.97. The minimum atomic E-state index is 0.176. The van der Waals surface area contributed by atoms with E-state index in [2.05, 4.69) is 57.2 Å². The molecule has 0 unspecified atom stereocenters. The van der Waals surface area contributed by atoms with E-state index in [1.807, 2.05) is 19.1 Å². The number of rotatable bonds is 8. The fraction of sp³-hybridized carbons (Fsp3) is 0.400. The monoisotopic (exact) mass is 338 g/mol. The van der Waals surface area contributed by atoms with Crippen LogP contribution in [0.3, 0.4) is 0 Å². The molecule has 0 saturated heterocycles. The van der Waals surface area contributed by atoms with Gasteiger partial charge in [0.25, 0.3) is 0 Å². The van der Waals surface area contributed by atoms with Gasteiger partial charge >= 0.3 is 0 Å². The van der Waals surface area contributed by atoms with E-state index in [0.717, 1.165) is 48.5 Å². The molecular formula is C20H26N4O. The van der Waals surface area contributed by atoms with Crippen molar-refractivity contribution >= 4 is 16.9 Å². The highest BCUT2D eigenvalue weighted by Gasteiger charge is 2.15. The fourth-order valence-electron chi connectivity index (χ4n) is 3.22. The molecule has 0 fully saturated rings. The first-order valence-electron chi connectivity index (χ1n) is 8.96. The Morgan fingerprint density at radius 3 is 2.64 bits per heavy atom. The SMILES string of the molecule is CCC[C@@H](CCO)Nc1nc(C)nc2ccn(Cc3ccccc3)c12. The Morgan fingerprint density at radius 1 is 1.12 bits per heavy atom. The van der Waals surface area contributed by atoms with Crippen molar-refractivity contribution in [2.24, 2.45) is 0 Å². The highest BCUT2D eigenvalue weighted by molar-refractivity contribution is 5.86. The van der Waals surface area contributed by atoms with Crippen LogP contribution < -0.4 is 5.32 Å². The van der Waals surface area contributed by atoms with Crippen LogP contribution >= 0.6 is 0 Å². The molecule has 25 heavy (non-hydrogen) atoms. The smallest absolute Gasteiger partial charge is 0.154 e. The van der Waals surface area contributed by atoms with Crippen molar-refractivity contribution in [3.05, 3.63) is 54.0 Å². The zero-order valence-corrected chi connectivity index (χ0v) is 14.9. The van der Waals surface area contributed by atoms with Gasteiger partial charge in [-0.25, -0.2) is 9.97 Å². The molecule has 2 N–H and O–H groups in total. The van der Waals surface area contributed by atoms with Gasteiger partial charge in [0.05, 0.1) is 5.52 Å². The molecule has 132 valence electrons. The molecule has 5 heteroatoms. The minimum Gasteiger partial charge on any atom is -0.396 e. The summed E-state index contributed by atoms with van der Waals surface area (Å²) in [6.07, 6.45) is 4.86. The third-order valence-corrected chi connectivity index (χ3v) is 4.37. The van der Waals surface area contributed by atoms with Gasteiger partial charge in [-0.1, -0.05) is 43.7 Å². The van der Waals surface area contributed by atoms with Gasteiger partial charge in [0.15, 0.2) is 5.82 Å². The second kappa shape index (κ2) is 8.12. The number of aromatic nitrogens is 3. The highest BCUT2D eigenvalue weighted by Crippen LogP contribution is 2.24. The van der Waals surface area contributed by atoms with Crippen LogP contribution in [-0.4, -0.2) is 32.3 Å². The number of aryl methyl sites for hydroxylation is 1. The van der Waals surface area contributed by atoms with Gasteiger partial charge in [-0.2, -0.15) is 0 Å². The maximum Gasteiger partial charge on any atom is 0.154 e. The number of benzene rings is 1. The number of anilines is 1. The Bertz CT molecular complexity index is 807. The van der Waals surface area contributed by atoms with E-state index in [4.69, 9.17) is 0 Å². The van der Waals surface area contributed by atoms with E-state index in [-0.39, 0.29) is 12.6 Å². The lowest BCUT2D eigenvalue weighted by Crippen LogP contribution is -2.22. The predicted molar refractivity (Wildman–Crippen MR) is 102 cm³/mol. The van der Waals surface area contributed by atoms with E-state index >= 15 is 0 Å². The van der Waals surface area contributed by atoms with Gasteiger partial charge in [0, 0.05) is 25.4 Å². The summed E-state index contributed by atoms with van der Waals surface area (Å²) < 4.78 is 2.19. The average molecular weight is 338 g/mol. The van der Waals surface area contributed by atoms with E-state index < -0.39 is 0 Å². The number of aliphatic hydroxyl groups is 1. The van der Waals surface area contributed by atoms with E-state index in [1.54, 1.807) is 0 Å². The molecule has 0 aliphatic carbocycles. The fourth-order valence-corrected chi connectivity index (χ4v) is 3.22. The van der Waals surface area contributed by atoms with E-state index in [0.29, 0.717) is 0 Å². The molecule has 0 saturated carbocycles. The van der Waals surface area contributed by atoms with E-state index in [1.165, 1.54) is 5.56 Å². The summed E-state index contributed by atoms with van der Waals surface area (Å²) in [5, 5.41) is 12.9. The minimum absolute atomic E-state index is 0.176. The summed E-state index contributed by atoms with van der Waals surface area (Å²) in [4.78, 5) is 9.23. The van der Waals surface area contributed by atoms with Crippen LogP contribution in [0.1, 0.15) is 37.6 Å². The molecule has 0 bridgehead atoms. The largest absolute Gasteiger partial charge is 0.396 e. The van der Waals surface area contributed by atoms with Crippen molar-refractivity contribution in [2.45, 2.75) is 45.7 Å². The predicted octanol–water partition coefficient (Wildman–Crippen LogP) is 3.75. The third-order valence-electron chi connectivity index (χ3n) is 4.37. The summed E-state index contributed by atoms with van der Waals surface area (Å²) >= 11 is 0. The number of aliphatic hydroxyl groups excluding tert-OH is 1. The first-order valence-corrected chi connectivity index (χ1v) is 8.96. The van der Waals surface area contributed by atoms with Crippen molar-refractivity contribution in [1.29, 1.82) is 0 Å². The lowest BCUT2D eigenvalue weighted by molar-refractivity contribution is 0.276. The molecule has 5 nitrogen and oxygen atoms in total. The molecule has 1 aromatic carbocycles. The first-order chi connectivity index (χ1) is 12.2. The maximum absolute atomic E-state index is 9.34. The summed E-state index contributed by atoms with van der Waals surface area (Å²) in [7, 11) is 0. The highest BCUT2D eigenvalue weighted by atomic mass is 16.3. The summed E-state index contributed by atoms with van der Waals surface area (Å²) in [5.41, 5.74) is 3.21. The third kappa shape index (κ3) is 4.17. The van der Waals surface area contributed by atoms with Crippen LogP contribution in [0.25, 0.3) is 11.0 Å². The summed E-state index contributed by atoms with van der Waals surface area (Å²) in [5.74, 6) is 1.61. The van der Waals surface area contributed by atoms with Crippen molar-refractivity contribution in [2.75, 3.05) is 11.9 Å². The Kier molecular flexibility index (Phi) is 5.66. The number of fused-ring (bicyclic) bond motifs is 1. The normalized spacial score (nSPS) is 12.4. The van der Waals surface area contributed by atoms with Crippen molar-refractivity contribution in [1.82, 2.24) is 14.5 Å². The van der Waals surface area contributed by atoms with Crippen molar-refractivity contribution < 1.29 is 5.11 Å². The van der Waals surface area contributed by atoms with Gasteiger partial charge in [-0.15, -0.1) is 0 Å². The number of nitrogens with zero attached hydrogens (tertiary/aromatic N) is 3. The molecular weight excluding hydrogens is 312 g/mol. The van der Waals surface area contributed by atoms with Crippen LogP contribution in [0.2, 0.25) is 0 Å². The zero-order valence-electron chi connectivity index (χ0n) is 14.9. The molecule has 0 aliphatic rings. The second-order valence-corrected chi connectivity index (χ2v) is 6.42. The number of nitrogens with one attached hydrogen (secondary N) is 1. The molecule has 0 spiro atoms. The molecule has 2 heterocycles. The molecule has 0 radical (unpaired) electrons. The van der Waals surface area contributed by atoms with Gasteiger partial charge < -0.3 is 15.0 Å². The van der Waals surface area contributed by atoms with Crippen molar-refractivity contribution in [3.8, 4) is 0 Å². The standard InChI is InChI=1S/C20H26N4O/c1-3-7-17(11-13-25)23-20-19-18(21-15(2)22-20)10-12-24(19)14-16-8-5-4-6-9-16/h4-6,8-10,12,17,25H,3,7,11,13-14H2,1-2H3,(H,21,22,23)/t17-/m0/s1. The molecule has 0 amide bonds. The second-order valence-electron chi connectivity index (χ2n) is 6.42. The van der Waals surface area contributed by atoms with Gasteiger partial charge in [-0.3, -0.25) is 0 Å². The van der Waals surface area contributed by atoms with E-state index in [9.17, 15) is 5.11 Å². The van der Waals surface area contributed by atoms with Crippen LogP contribution in [0.15, 0.2) is 42.6 Å². The zero-order chi connectivity index (χ0) is 17.6. The molecule has 3 aromatic rings. The van der Waals surface area contributed by atoms with Crippen molar-refractivity contribution in [3.63, 3.8) is 0 Å². The number of hydrogen-bond acceptors (Lipinski definition) is 4. The Labute approximate surface area is 148 Å². The molecule has 3 rings (SSSR count). The van der Waals surface area contributed by atoms with Gasteiger partial charge in [-0.05, 0) is 31.4 Å². The van der Waals surface area contributed by atoms with Crippen LogP contribution in [0.5, 0.6) is 0 Å². The quantitative estimate of drug-likeness (QED) is 0.656. The lowest BCUT2D eigenvalue weighted by atomic mass is 10.1. The maximum atomic E-state index is 9.34. The van der Waals surface area contributed by atoms with Gasteiger partial charge in [0.2, 0.25) is 0 Å².